The zero-order valence-electron chi connectivity index (χ0n) is 17.4. The first-order chi connectivity index (χ1) is 13.6. The molecule has 0 atom stereocenters. The first-order valence-corrected chi connectivity index (χ1v) is 10.9. The summed E-state index contributed by atoms with van der Waals surface area (Å²) in [6, 6.07) is 16.4. The van der Waals surface area contributed by atoms with E-state index in [1.807, 2.05) is 23.1 Å². The molecule has 1 aromatic heterocycles. The van der Waals surface area contributed by atoms with Crippen molar-refractivity contribution in [3.05, 3.63) is 59.7 Å². The van der Waals surface area contributed by atoms with Crippen molar-refractivity contribution in [2.24, 2.45) is 0 Å². The first-order valence-electron chi connectivity index (χ1n) is 10.0. The van der Waals surface area contributed by atoms with Crippen molar-refractivity contribution in [3.63, 3.8) is 0 Å². The fraction of sp³-hybridized carbons (Fsp3) is 0.391. The molecule has 156 valence electrons. The third-order valence-electron chi connectivity index (χ3n) is 5.15. The van der Waals surface area contributed by atoms with Crippen LogP contribution in [0.5, 0.6) is 0 Å². The molecule has 1 heterocycles. The molecule has 0 aliphatic rings. The van der Waals surface area contributed by atoms with Gasteiger partial charge in [-0.2, -0.15) is 0 Å². The van der Waals surface area contributed by atoms with E-state index in [0.29, 0.717) is 13.0 Å². The Morgan fingerprint density at radius 1 is 1.00 bits per heavy atom. The highest BCUT2D eigenvalue weighted by atomic mass is 35.5. The van der Waals surface area contributed by atoms with E-state index in [4.69, 9.17) is 4.98 Å². The Bertz CT molecular complexity index is 909. The molecule has 1 amide bonds. The van der Waals surface area contributed by atoms with Gasteiger partial charge in [-0.1, -0.05) is 67.6 Å². The molecule has 0 fully saturated rings. The number of halogens is 1. The van der Waals surface area contributed by atoms with Crippen molar-refractivity contribution < 1.29 is 4.79 Å². The quantitative estimate of drug-likeness (QED) is 0.459. The van der Waals surface area contributed by atoms with Crippen LogP contribution in [0.3, 0.4) is 0 Å². The van der Waals surface area contributed by atoms with E-state index >= 15 is 0 Å². The SMILES string of the molecule is CCN(CC)CCN(C(=O)CCc1ccccc1)c1nc2c(C)cccc2s1.Cl. The number of nitrogens with zero attached hydrogens (tertiary/aromatic N) is 3. The van der Waals surface area contributed by atoms with Gasteiger partial charge in [0.2, 0.25) is 5.91 Å². The summed E-state index contributed by atoms with van der Waals surface area (Å²) >= 11 is 1.61. The Morgan fingerprint density at radius 2 is 1.72 bits per heavy atom. The number of hydrogen-bond donors (Lipinski definition) is 0. The number of anilines is 1. The smallest absolute Gasteiger partial charge is 0.229 e. The molecule has 6 heteroatoms. The number of aromatic nitrogens is 1. The van der Waals surface area contributed by atoms with E-state index in [2.05, 4.69) is 56.0 Å². The highest BCUT2D eigenvalue weighted by Gasteiger charge is 2.20. The third kappa shape index (κ3) is 6.01. The second-order valence-electron chi connectivity index (χ2n) is 6.98. The van der Waals surface area contributed by atoms with Gasteiger partial charge in [0.15, 0.2) is 5.13 Å². The highest BCUT2D eigenvalue weighted by molar-refractivity contribution is 7.22. The average molecular weight is 432 g/mol. The van der Waals surface area contributed by atoms with Crippen molar-refractivity contribution in [2.45, 2.75) is 33.6 Å². The van der Waals surface area contributed by atoms with Crippen LogP contribution in [0, 0.1) is 6.92 Å². The van der Waals surface area contributed by atoms with E-state index in [-0.39, 0.29) is 18.3 Å². The molecular weight excluding hydrogens is 402 g/mol. The van der Waals surface area contributed by atoms with Crippen LogP contribution in [0.1, 0.15) is 31.4 Å². The molecule has 0 saturated carbocycles. The predicted octanol–water partition coefficient (Wildman–Crippen LogP) is 5.33. The number of aryl methyl sites for hydroxylation is 2. The molecule has 0 saturated heterocycles. The van der Waals surface area contributed by atoms with Gasteiger partial charge in [-0.25, -0.2) is 4.98 Å². The largest absolute Gasteiger partial charge is 0.302 e. The standard InChI is InChI=1S/C23H29N3OS.ClH/c1-4-25(5-2)16-17-26(21(27)15-14-19-11-7-6-8-12-19)23-24-22-18(3)10-9-13-20(22)28-23;/h6-13H,4-5,14-17H2,1-3H3;1H. The zero-order chi connectivity index (χ0) is 19.9. The molecule has 3 aromatic rings. The number of hydrogen-bond acceptors (Lipinski definition) is 4. The van der Waals surface area contributed by atoms with Gasteiger partial charge >= 0.3 is 0 Å². The summed E-state index contributed by atoms with van der Waals surface area (Å²) in [6.45, 7) is 9.90. The van der Waals surface area contributed by atoms with Crippen molar-refractivity contribution in [2.75, 3.05) is 31.1 Å². The van der Waals surface area contributed by atoms with Gasteiger partial charge in [0.1, 0.15) is 0 Å². The summed E-state index contributed by atoms with van der Waals surface area (Å²) < 4.78 is 1.14. The van der Waals surface area contributed by atoms with Crippen LogP contribution >= 0.6 is 23.7 Å². The predicted molar refractivity (Wildman–Crippen MR) is 127 cm³/mol. The second kappa shape index (κ2) is 11.3. The van der Waals surface area contributed by atoms with Crippen LogP contribution in [0.2, 0.25) is 0 Å². The van der Waals surface area contributed by atoms with Gasteiger partial charge in [-0.05, 0) is 43.6 Å². The number of likely N-dealkylation sites (N-methyl/N-ethyl adjacent to an activating group) is 1. The van der Waals surface area contributed by atoms with Crippen LogP contribution in [-0.2, 0) is 11.2 Å². The monoisotopic (exact) mass is 431 g/mol. The number of fused-ring (bicyclic) bond motifs is 1. The molecule has 4 nitrogen and oxygen atoms in total. The molecule has 29 heavy (non-hydrogen) atoms. The second-order valence-corrected chi connectivity index (χ2v) is 7.99. The normalized spacial score (nSPS) is 10.9. The minimum atomic E-state index is 0. The van der Waals surface area contributed by atoms with E-state index in [1.165, 1.54) is 5.56 Å². The maximum absolute atomic E-state index is 13.1. The van der Waals surface area contributed by atoms with Gasteiger partial charge in [-0.15, -0.1) is 12.4 Å². The lowest BCUT2D eigenvalue weighted by atomic mass is 10.1. The number of rotatable bonds is 9. The van der Waals surface area contributed by atoms with Crippen LogP contribution in [0.25, 0.3) is 10.2 Å². The summed E-state index contributed by atoms with van der Waals surface area (Å²) in [5, 5.41) is 0.814. The van der Waals surface area contributed by atoms with Crippen LogP contribution < -0.4 is 4.90 Å². The van der Waals surface area contributed by atoms with Crippen molar-refractivity contribution >= 4 is 45.0 Å². The maximum Gasteiger partial charge on any atom is 0.229 e. The fourth-order valence-electron chi connectivity index (χ4n) is 3.33. The summed E-state index contributed by atoms with van der Waals surface area (Å²) in [6.07, 6.45) is 1.25. The Morgan fingerprint density at radius 3 is 2.38 bits per heavy atom. The minimum absolute atomic E-state index is 0. The molecule has 0 radical (unpaired) electrons. The van der Waals surface area contributed by atoms with Gasteiger partial charge < -0.3 is 4.90 Å². The minimum Gasteiger partial charge on any atom is -0.302 e. The molecule has 3 rings (SSSR count). The number of amides is 1. The van der Waals surface area contributed by atoms with E-state index in [9.17, 15) is 4.79 Å². The van der Waals surface area contributed by atoms with Crippen molar-refractivity contribution in [1.82, 2.24) is 9.88 Å². The molecule has 0 N–H and O–H groups in total. The number of benzene rings is 2. The molecule has 0 bridgehead atoms. The lowest BCUT2D eigenvalue weighted by Crippen LogP contribution is -2.39. The van der Waals surface area contributed by atoms with E-state index in [0.717, 1.165) is 47.0 Å². The van der Waals surface area contributed by atoms with Crippen LogP contribution in [-0.4, -0.2) is 42.0 Å². The molecule has 0 spiro atoms. The molecule has 0 aliphatic heterocycles. The van der Waals surface area contributed by atoms with E-state index in [1.54, 1.807) is 11.3 Å². The van der Waals surface area contributed by atoms with Gasteiger partial charge in [0.05, 0.1) is 10.2 Å². The zero-order valence-corrected chi connectivity index (χ0v) is 19.1. The summed E-state index contributed by atoms with van der Waals surface area (Å²) in [4.78, 5) is 22.2. The molecule has 2 aromatic carbocycles. The molecular formula is C23H30ClN3OS. The fourth-order valence-corrected chi connectivity index (χ4v) is 4.42. The number of carbonyl (C=O) groups is 1. The van der Waals surface area contributed by atoms with Gasteiger partial charge in [0.25, 0.3) is 0 Å². The lowest BCUT2D eigenvalue weighted by molar-refractivity contribution is -0.118. The van der Waals surface area contributed by atoms with Crippen molar-refractivity contribution in [1.29, 1.82) is 0 Å². The average Bonchev–Trinajstić information content (AvgIpc) is 3.15. The molecule has 0 unspecified atom stereocenters. The van der Waals surface area contributed by atoms with Crippen molar-refractivity contribution in [3.8, 4) is 0 Å². The lowest BCUT2D eigenvalue weighted by Gasteiger charge is -2.24. The van der Waals surface area contributed by atoms with Gasteiger partial charge in [0, 0.05) is 19.5 Å². The number of carbonyl (C=O) groups excluding carboxylic acids is 1. The first kappa shape index (κ1) is 23.3. The van der Waals surface area contributed by atoms with Gasteiger partial charge in [-0.3, -0.25) is 9.69 Å². The Balaban J connectivity index is 0.00000300. The van der Waals surface area contributed by atoms with Crippen LogP contribution in [0.4, 0.5) is 5.13 Å². The van der Waals surface area contributed by atoms with Crippen LogP contribution in [0.15, 0.2) is 48.5 Å². The summed E-state index contributed by atoms with van der Waals surface area (Å²) in [5.41, 5.74) is 3.35. The Labute approximate surface area is 184 Å². The molecule has 0 aliphatic carbocycles. The third-order valence-corrected chi connectivity index (χ3v) is 6.19. The topological polar surface area (TPSA) is 36.4 Å². The Kier molecular flexibility index (Phi) is 9.08. The Hall–Kier alpha value is -1.95. The summed E-state index contributed by atoms with van der Waals surface area (Å²) in [7, 11) is 0. The highest BCUT2D eigenvalue weighted by Crippen LogP contribution is 2.31. The maximum atomic E-state index is 13.1. The summed E-state index contributed by atoms with van der Waals surface area (Å²) in [5.74, 6) is 0.146. The number of thiazole rings is 1. The number of para-hydroxylation sites is 1. The van der Waals surface area contributed by atoms with E-state index < -0.39 is 0 Å².